The number of anilines is 1. The van der Waals surface area contributed by atoms with Crippen LogP contribution in [0.4, 0.5) is 5.69 Å². The molecule has 0 bridgehead atoms. The van der Waals surface area contributed by atoms with Crippen molar-refractivity contribution < 1.29 is 14.3 Å². The molecule has 0 heterocycles. The highest BCUT2D eigenvalue weighted by Crippen LogP contribution is 2.28. The molecule has 2 N–H and O–H groups in total. The number of carbonyl (C=O) groups is 2. The van der Waals surface area contributed by atoms with Gasteiger partial charge in [0.05, 0.1) is 16.3 Å². The van der Waals surface area contributed by atoms with E-state index in [1.807, 2.05) is 12.1 Å². The predicted octanol–water partition coefficient (Wildman–Crippen LogP) is 4.91. The fraction of sp³-hybridized carbons (Fsp3) is 0.263. The van der Waals surface area contributed by atoms with Crippen molar-refractivity contribution in [2.24, 2.45) is 0 Å². The molecule has 0 spiro atoms. The molecule has 0 fully saturated rings. The van der Waals surface area contributed by atoms with Gasteiger partial charge in [0.2, 0.25) is 0 Å². The lowest BCUT2D eigenvalue weighted by molar-refractivity contribution is 0.0476. The van der Waals surface area contributed by atoms with Gasteiger partial charge in [-0.3, -0.25) is 4.79 Å². The zero-order valence-electron chi connectivity index (χ0n) is 14.2. The Morgan fingerprint density at radius 1 is 1.08 bits per heavy atom. The number of Topliss-reactive ketones (excluding diaryl/α,β-unsaturated/α-hetero) is 1. The molecule has 0 saturated carbocycles. The summed E-state index contributed by atoms with van der Waals surface area (Å²) in [5.41, 5.74) is 7.44. The fourth-order valence-corrected chi connectivity index (χ4v) is 2.70. The number of carbonyl (C=O) groups excluding carboxylic acids is 2. The molecule has 0 saturated heterocycles. The van der Waals surface area contributed by atoms with Gasteiger partial charge < -0.3 is 10.5 Å². The van der Waals surface area contributed by atoms with E-state index in [0.717, 1.165) is 5.56 Å². The molecule has 2 aromatic rings. The number of rotatable bonds is 4. The van der Waals surface area contributed by atoms with Gasteiger partial charge in [-0.25, -0.2) is 4.79 Å². The van der Waals surface area contributed by atoms with Crippen molar-refractivity contribution >= 4 is 40.6 Å². The Morgan fingerprint density at radius 3 is 2.24 bits per heavy atom. The summed E-state index contributed by atoms with van der Waals surface area (Å²) in [6.07, 6.45) is 0. The van der Waals surface area contributed by atoms with Gasteiger partial charge in [-0.05, 0) is 23.1 Å². The normalized spacial score (nSPS) is 11.2. The van der Waals surface area contributed by atoms with Crippen LogP contribution in [0.2, 0.25) is 10.0 Å². The van der Waals surface area contributed by atoms with Gasteiger partial charge >= 0.3 is 5.97 Å². The zero-order valence-corrected chi connectivity index (χ0v) is 15.7. The van der Waals surface area contributed by atoms with Gasteiger partial charge in [-0.1, -0.05) is 68.2 Å². The molecule has 132 valence electrons. The third-order valence-electron chi connectivity index (χ3n) is 3.72. The van der Waals surface area contributed by atoms with Crippen LogP contribution >= 0.6 is 23.2 Å². The van der Waals surface area contributed by atoms with Gasteiger partial charge in [0, 0.05) is 10.6 Å². The highest BCUT2D eigenvalue weighted by Gasteiger charge is 2.18. The molecular weight excluding hydrogens is 361 g/mol. The number of esters is 1. The maximum atomic E-state index is 12.2. The standard InChI is InChI=1S/C19H19Cl2NO3/c1-19(2,3)12-6-4-11(5-7-12)16(23)10-25-18(24)14-8-13(20)9-15(21)17(14)22/h4-9H,10,22H2,1-3H3. The number of hydrogen-bond acceptors (Lipinski definition) is 4. The summed E-state index contributed by atoms with van der Waals surface area (Å²) in [6, 6.07) is 10.0. The molecule has 0 amide bonds. The van der Waals surface area contributed by atoms with Gasteiger partial charge in [0.1, 0.15) is 0 Å². The Hall–Kier alpha value is -2.04. The first kappa shape index (κ1) is 19.3. The van der Waals surface area contributed by atoms with Crippen molar-refractivity contribution in [3.05, 3.63) is 63.1 Å². The maximum Gasteiger partial charge on any atom is 0.340 e. The first-order valence-electron chi connectivity index (χ1n) is 7.65. The number of halogens is 2. The van der Waals surface area contributed by atoms with Crippen molar-refractivity contribution in [3.8, 4) is 0 Å². The van der Waals surface area contributed by atoms with E-state index in [1.54, 1.807) is 12.1 Å². The topological polar surface area (TPSA) is 69.4 Å². The molecule has 0 radical (unpaired) electrons. The molecule has 25 heavy (non-hydrogen) atoms. The van der Waals surface area contributed by atoms with Crippen molar-refractivity contribution in [2.75, 3.05) is 12.3 Å². The minimum atomic E-state index is -0.749. The van der Waals surface area contributed by atoms with Gasteiger partial charge in [-0.2, -0.15) is 0 Å². The third-order valence-corrected chi connectivity index (χ3v) is 4.25. The molecule has 2 rings (SSSR count). The summed E-state index contributed by atoms with van der Waals surface area (Å²) in [5, 5.41) is 0.416. The molecule has 6 heteroatoms. The molecular formula is C19H19Cl2NO3. The third kappa shape index (κ3) is 4.74. The van der Waals surface area contributed by atoms with Crippen LogP contribution in [0.1, 0.15) is 47.1 Å². The number of ketones is 1. The Bertz CT molecular complexity index is 809. The van der Waals surface area contributed by atoms with E-state index >= 15 is 0 Å². The molecule has 0 aliphatic rings. The van der Waals surface area contributed by atoms with E-state index in [0.29, 0.717) is 5.56 Å². The van der Waals surface area contributed by atoms with Crippen LogP contribution in [0.5, 0.6) is 0 Å². The highest BCUT2D eigenvalue weighted by molar-refractivity contribution is 6.37. The van der Waals surface area contributed by atoms with Crippen molar-refractivity contribution in [1.29, 1.82) is 0 Å². The number of nitrogen functional groups attached to an aromatic ring is 1. The number of ether oxygens (including phenoxy) is 1. The van der Waals surface area contributed by atoms with Gasteiger partial charge in [-0.15, -0.1) is 0 Å². The van der Waals surface area contributed by atoms with E-state index < -0.39 is 12.6 Å². The predicted molar refractivity (Wildman–Crippen MR) is 101 cm³/mol. The summed E-state index contributed by atoms with van der Waals surface area (Å²) < 4.78 is 5.05. The second-order valence-electron chi connectivity index (χ2n) is 6.68. The van der Waals surface area contributed by atoms with Crippen LogP contribution < -0.4 is 5.73 Å². The quantitative estimate of drug-likeness (QED) is 0.465. The Balaban J connectivity index is 2.06. The van der Waals surface area contributed by atoms with Crippen molar-refractivity contribution in [1.82, 2.24) is 0 Å². The van der Waals surface area contributed by atoms with E-state index in [1.165, 1.54) is 12.1 Å². The Kier molecular flexibility index (Phi) is 5.76. The largest absolute Gasteiger partial charge is 0.454 e. The van der Waals surface area contributed by atoms with E-state index in [2.05, 4.69) is 20.8 Å². The van der Waals surface area contributed by atoms with Crippen LogP contribution in [0.25, 0.3) is 0 Å². The SMILES string of the molecule is CC(C)(C)c1ccc(C(=O)COC(=O)c2cc(Cl)cc(Cl)c2N)cc1. The summed E-state index contributed by atoms with van der Waals surface area (Å²) >= 11 is 11.8. The molecule has 0 unspecified atom stereocenters. The monoisotopic (exact) mass is 379 g/mol. The van der Waals surface area contributed by atoms with Crippen LogP contribution in [0, 0.1) is 0 Å². The van der Waals surface area contributed by atoms with Crippen molar-refractivity contribution in [3.63, 3.8) is 0 Å². The van der Waals surface area contributed by atoms with Crippen LogP contribution in [-0.4, -0.2) is 18.4 Å². The van der Waals surface area contributed by atoms with Crippen LogP contribution in [-0.2, 0) is 10.2 Å². The molecule has 4 nitrogen and oxygen atoms in total. The Labute approximate surface area is 156 Å². The second-order valence-corrected chi connectivity index (χ2v) is 7.52. The fourth-order valence-electron chi connectivity index (χ4n) is 2.20. The van der Waals surface area contributed by atoms with Gasteiger partial charge in [0.15, 0.2) is 12.4 Å². The van der Waals surface area contributed by atoms with E-state index in [-0.39, 0.29) is 32.5 Å². The summed E-state index contributed by atoms with van der Waals surface area (Å²) in [7, 11) is 0. The smallest absolute Gasteiger partial charge is 0.340 e. The summed E-state index contributed by atoms with van der Waals surface area (Å²) in [4.78, 5) is 24.3. The lowest BCUT2D eigenvalue weighted by atomic mass is 9.86. The minimum absolute atomic E-state index is 0.00256. The average Bonchev–Trinajstić information content (AvgIpc) is 2.55. The molecule has 2 aromatic carbocycles. The second kappa shape index (κ2) is 7.46. The first-order valence-corrected chi connectivity index (χ1v) is 8.40. The number of benzene rings is 2. The van der Waals surface area contributed by atoms with Crippen LogP contribution in [0.3, 0.4) is 0 Å². The zero-order chi connectivity index (χ0) is 18.8. The minimum Gasteiger partial charge on any atom is -0.454 e. The molecule has 0 aliphatic heterocycles. The summed E-state index contributed by atoms with van der Waals surface area (Å²) in [5.74, 6) is -1.05. The van der Waals surface area contributed by atoms with E-state index in [9.17, 15) is 9.59 Å². The first-order chi connectivity index (χ1) is 11.6. The maximum absolute atomic E-state index is 12.2. The molecule has 0 aliphatic carbocycles. The highest BCUT2D eigenvalue weighted by atomic mass is 35.5. The lowest BCUT2D eigenvalue weighted by Crippen LogP contribution is -2.16. The number of nitrogens with two attached hydrogens (primary N) is 1. The lowest BCUT2D eigenvalue weighted by Gasteiger charge is -2.19. The summed E-state index contributed by atoms with van der Waals surface area (Å²) in [6.45, 7) is 5.88. The van der Waals surface area contributed by atoms with Crippen LogP contribution in [0.15, 0.2) is 36.4 Å². The Morgan fingerprint density at radius 2 is 1.68 bits per heavy atom. The molecule has 0 atom stereocenters. The van der Waals surface area contributed by atoms with Crippen molar-refractivity contribution in [2.45, 2.75) is 26.2 Å². The van der Waals surface area contributed by atoms with Gasteiger partial charge in [0.25, 0.3) is 0 Å². The number of hydrogen-bond donors (Lipinski definition) is 1. The molecule has 0 aromatic heterocycles. The average molecular weight is 380 g/mol. The van der Waals surface area contributed by atoms with E-state index in [4.69, 9.17) is 33.7 Å².